The summed E-state index contributed by atoms with van der Waals surface area (Å²) in [5.41, 5.74) is 0.132. The fourth-order valence-electron chi connectivity index (χ4n) is 1.56. The number of aromatic nitrogens is 1. The SMILES string of the molecule is CCC(C)C(NC(=O)c1ccncc1Br)C(F)(F)F. The second-order valence-corrected chi connectivity index (χ2v) is 5.09. The molecule has 0 aliphatic carbocycles. The Kier molecular flexibility index (Phi) is 5.34. The number of carbonyl (C=O) groups excluding carboxylic acids is 1. The maximum absolute atomic E-state index is 12.9. The molecule has 0 saturated heterocycles. The summed E-state index contributed by atoms with van der Waals surface area (Å²) in [6.45, 7) is 3.11. The van der Waals surface area contributed by atoms with Crippen molar-refractivity contribution in [2.45, 2.75) is 32.5 Å². The van der Waals surface area contributed by atoms with E-state index in [1.54, 1.807) is 6.92 Å². The Labute approximate surface area is 117 Å². The maximum atomic E-state index is 12.9. The van der Waals surface area contributed by atoms with E-state index in [-0.39, 0.29) is 5.56 Å². The number of rotatable bonds is 4. The Bertz CT molecular complexity index is 451. The third-order valence-corrected chi connectivity index (χ3v) is 3.50. The zero-order valence-electron chi connectivity index (χ0n) is 10.5. The van der Waals surface area contributed by atoms with Crippen molar-refractivity contribution in [3.05, 3.63) is 28.5 Å². The van der Waals surface area contributed by atoms with E-state index in [0.717, 1.165) is 0 Å². The lowest BCUT2D eigenvalue weighted by Crippen LogP contribution is -2.49. The zero-order chi connectivity index (χ0) is 14.6. The van der Waals surface area contributed by atoms with Crippen LogP contribution in [0.3, 0.4) is 0 Å². The average molecular weight is 339 g/mol. The molecular weight excluding hydrogens is 325 g/mol. The Balaban J connectivity index is 2.92. The van der Waals surface area contributed by atoms with Crippen molar-refractivity contribution in [3.63, 3.8) is 0 Å². The van der Waals surface area contributed by atoms with Crippen LogP contribution in [0, 0.1) is 5.92 Å². The monoisotopic (exact) mass is 338 g/mol. The molecule has 1 N–H and O–H groups in total. The molecule has 1 heterocycles. The van der Waals surface area contributed by atoms with Crippen LogP contribution in [0.25, 0.3) is 0 Å². The van der Waals surface area contributed by atoms with Crippen LogP contribution in [0.15, 0.2) is 22.9 Å². The molecule has 0 aromatic carbocycles. The predicted molar refractivity (Wildman–Crippen MR) is 68.7 cm³/mol. The predicted octanol–water partition coefficient (Wildman–Crippen LogP) is 3.55. The van der Waals surface area contributed by atoms with Crippen LogP contribution in [-0.4, -0.2) is 23.1 Å². The van der Waals surface area contributed by atoms with Crippen molar-refractivity contribution < 1.29 is 18.0 Å². The van der Waals surface area contributed by atoms with Crippen molar-refractivity contribution in [1.29, 1.82) is 0 Å². The summed E-state index contributed by atoms with van der Waals surface area (Å²) in [6, 6.07) is -0.492. The van der Waals surface area contributed by atoms with Gasteiger partial charge in [-0.3, -0.25) is 9.78 Å². The largest absolute Gasteiger partial charge is 0.408 e. The molecule has 0 aliphatic heterocycles. The van der Waals surface area contributed by atoms with Crippen molar-refractivity contribution in [2.75, 3.05) is 0 Å². The van der Waals surface area contributed by atoms with E-state index in [4.69, 9.17) is 0 Å². The van der Waals surface area contributed by atoms with Gasteiger partial charge in [0.15, 0.2) is 0 Å². The zero-order valence-corrected chi connectivity index (χ0v) is 12.0. The van der Waals surface area contributed by atoms with Crippen molar-refractivity contribution in [3.8, 4) is 0 Å². The smallest absolute Gasteiger partial charge is 0.340 e. The van der Waals surface area contributed by atoms with Gasteiger partial charge in [0, 0.05) is 16.9 Å². The first-order chi connectivity index (χ1) is 8.77. The number of pyridine rings is 1. The Morgan fingerprint density at radius 2 is 2.16 bits per heavy atom. The molecule has 1 aromatic rings. The Morgan fingerprint density at radius 3 is 2.63 bits per heavy atom. The van der Waals surface area contributed by atoms with Gasteiger partial charge < -0.3 is 5.32 Å². The topological polar surface area (TPSA) is 42.0 Å². The number of hydrogen-bond donors (Lipinski definition) is 1. The fourth-order valence-corrected chi connectivity index (χ4v) is 1.99. The first kappa shape index (κ1) is 15.9. The third-order valence-electron chi connectivity index (χ3n) is 2.87. The van der Waals surface area contributed by atoms with Gasteiger partial charge in [-0.05, 0) is 27.9 Å². The summed E-state index contributed by atoms with van der Waals surface area (Å²) in [7, 11) is 0. The minimum absolute atomic E-state index is 0.132. The second kappa shape index (κ2) is 6.36. The first-order valence-electron chi connectivity index (χ1n) is 5.74. The van der Waals surface area contributed by atoms with Crippen LogP contribution >= 0.6 is 15.9 Å². The van der Waals surface area contributed by atoms with E-state index >= 15 is 0 Å². The number of carbonyl (C=O) groups is 1. The van der Waals surface area contributed by atoms with Gasteiger partial charge in [-0.15, -0.1) is 0 Å². The van der Waals surface area contributed by atoms with Crippen LogP contribution < -0.4 is 5.32 Å². The molecule has 1 rings (SSSR count). The van der Waals surface area contributed by atoms with E-state index < -0.39 is 24.0 Å². The molecule has 0 radical (unpaired) electrons. The molecule has 106 valence electrons. The van der Waals surface area contributed by atoms with Gasteiger partial charge >= 0.3 is 6.18 Å². The summed E-state index contributed by atoms with van der Waals surface area (Å²) in [5.74, 6) is -1.46. The fraction of sp³-hybridized carbons (Fsp3) is 0.500. The average Bonchev–Trinajstić information content (AvgIpc) is 2.34. The maximum Gasteiger partial charge on any atom is 0.408 e. The van der Waals surface area contributed by atoms with Crippen LogP contribution in [-0.2, 0) is 0 Å². The number of nitrogens with zero attached hydrogens (tertiary/aromatic N) is 1. The van der Waals surface area contributed by atoms with E-state index in [1.807, 2.05) is 5.32 Å². The molecule has 19 heavy (non-hydrogen) atoms. The van der Waals surface area contributed by atoms with Gasteiger partial charge in [0.25, 0.3) is 5.91 Å². The molecule has 1 aromatic heterocycles. The highest BCUT2D eigenvalue weighted by atomic mass is 79.9. The summed E-state index contributed by atoms with van der Waals surface area (Å²) < 4.78 is 39.0. The highest BCUT2D eigenvalue weighted by Gasteiger charge is 2.43. The molecule has 0 spiro atoms. The number of nitrogens with one attached hydrogen (secondary N) is 1. The van der Waals surface area contributed by atoms with Crippen LogP contribution in [0.4, 0.5) is 13.2 Å². The van der Waals surface area contributed by atoms with Crippen molar-refractivity contribution in [1.82, 2.24) is 10.3 Å². The highest BCUT2D eigenvalue weighted by molar-refractivity contribution is 9.10. The number of hydrogen-bond acceptors (Lipinski definition) is 2. The van der Waals surface area contributed by atoms with Gasteiger partial charge in [-0.25, -0.2) is 0 Å². The highest BCUT2D eigenvalue weighted by Crippen LogP contribution is 2.28. The summed E-state index contributed by atoms with van der Waals surface area (Å²) in [6.07, 6.45) is -1.43. The molecule has 1 amide bonds. The molecule has 0 aliphatic rings. The first-order valence-corrected chi connectivity index (χ1v) is 6.53. The lowest BCUT2D eigenvalue weighted by molar-refractivity contribution is -0.164. The summed E-state index contributed by atoms with van der Waals surface area (Å²) in [4.78, 5) is 15.6. The van der Waals surface area contributed by atoms with E-state index in [2.05, 4.69) is 20.9 Å². The van der Waals surface area contributed by atoms with Gasteiger partial charge in [-0.2, -0.15) is 13.2 Å². The van der Waals surface area contributed by atoms with E-state index in [1.165, 1.54) is 25.4 Å². The summed E-state index contributed by atoms with van der Waals surface area (Å²) >= 11 is 3.09. The minimum Gasteiger partial charge on any atom is -0.340 e. The van der Waals surface area contributed by atoms with E-state index in [0.29, 0.717) is 10.9 Å². The lowest BCUT2D eigenvalue weighted by Gasteiger charge is -2.26. The van der Waals surface area contributed by atoms with Crippen LogP contribution in [0.2, 0.25) is 0 Å². The Morgan fingerprint density at radius 1 is 1.53 bits per heavy atom. The Hall–Kier alpha value is -1.11. The van der Waals surface area contributed by atoms with Crippen molar-refractivity contribution in [2.24, 2.45) is 5.92 Å². The molecule has 0 fully saturated rings. The summed E-state index contributed by atoms with van der Waals surface area (Å²) in [5, 5.41) is 2.04. The third kappa shape index (κ3) is 4.19. The van der Waals surface area contributed by atoms with Crippen LogP contribution in [0.5, 0.6) is 0 Å². The molecular formula is C12H14BrF3N2O. The van der Waals surface area contributed by atoms with Gasteiger partial charge in [-0.1, -0.05) is 20.3 Å². The molecule has 2 unspecified atom stereocenters. The molecule has 7 heteroatoms. The number of halogens is 4. The molecule has 0 bridgehead atoms. The van der Waals surface area contributed by atoms with Crippen LogP contribution in [0.1, 0.15) is 30.6 Å². The molecule has 2 atom stereocenters. The number of amides is 1. The van der Waals surface area contributed by atoms with Gasteiger partial charge in [0.05, 0.1) is 5.56 Å². The van der Waals surface area contributed by atoms with Gasteiger partial charge in [0.2, 0.25) is 0 Å². The second-order valence-electron chi connectivity index (χ2n) is 4.23. The normalized spacial score (nSPS) is 14.8. The molecule has 3 nitrogen and oxygen atoms in total. The quantitative estimate of drug-likeness (QED) is 0.912. The number of alkyl halides is 3. The van der Waals surface area contributed by atoms with Crippen molar-refractivity contribution >= 4 is 21.8 Å². The van der Waals surface area contributed by atoms with Gasteiger partial charge in [0.1, 0.15) is 6.04 Å². The minimum atomic E-state index is -4.47. The lowest BCUT2D eigenvalue weighted by atomic mass is 9.98. The molecule has 0 saturated carbocycles. The van der Waals surface area contributed by atoms with E-state index in [9.17, 15) is 18.0 Å². The standard InChI is InChI=1S/C12H14BrF3N2O/c1-3-7(2)10(12(14,15)16)18-11(19)8-4-5-17-6-9(8)13/h4-7,10H,3H2,1-2H3,(H,18,19).